The maximum Gasteiger partial charge on any atom is 0.411 e. The highest BCUT2D eigenvalue weighted by Gasteiger charge is 2.45. The number of ether oxygens (including phenoxy) is 2. The van der Waals surface area contributed by atoms with Crippen molar-refractivity contribution in [2.75, 3.05) is 11.9 Å². The van der Waals surface area contributed by atoms with Crippen molar-refractivity contribution in [3.8, 4) is 0 Å². The lowest BCUT2D eigenvalue weighted by atomic mass is 9.95. The second kappa shape index (κ2) is 6.38. The predicted molar refractivity (Wildman–Crippen MR) is 84.5 cm³/mol. The topological polar surface area (TPSA) is 55.8 Å². The molecule has 1 aliphatic rings. The van der Waals surface area contributed by atoms with Crippen molar-refractivity contribution >= 4 is 28.0 Å². The fraction of sp³-hybridized carbons (Fsp3) is 0.733. The third-order valence-corrected chi connectivity index (χ3v) is 2.94. The predicted octanol–water partition coefficient (Wildman–Crippen LogP) is 3.27. The summed E-state index contributed by atoms with van der Waals surface area (Å²) in [5.74, 6) is -0.424. The molecule has 0 aromatic carbocycles. The normalized spacial score (nSPS) is 21.0. The fourth-order valence-electron chi connectivity index (χ4n) is 1.86. The van der Waals surface area contributed by atoms with Gasteiger partial charge in [-0.3, -0.25) is 4.90 Å². The van der Waals surface area contributed by atoms with E-state index in [-0.39, 0.29) is 0 Å². The van der Waals surface area contributed by atoms with Gasteiger partial charge in [-0.25, -0.2) is 9.59 Å². The molecule has 1 atom stereocenters. The van der Waals surface area contributed by atoms with Crippen LogP contribution in [-0.4, -0.2) is 46.1 Å². The van der Waals surface area contributed by atoms with Gasteiger partial charge < -0.3 is 9.47 Å². The van der Waals surface area contributed by atoms with Crippen LogP contribution in [0.5, 0.6) is 0 Å². The van der Waals surface area contributed by atoms with Gasteiger partial charge in [0.15, 0.2) is 6.04 Å². The van der Waals surface area contributed by atoms with Crippen LogP contribution in [0.1, 0.15) is 41.5 Å². The Morgan fingerprint density at radius 2 is 1.71 bits per heavy atom. The number of carbonyl (C=O) groups excluding carboxylic acids is 2. The van der Waals surface area contributed by atoms with Crippen LogP contribution >= 0.6 is 15.9 Å². The van der Waals surface area contributed by atoms with E-state index < -0.39 is 29.3 Å². The SMILES string of the molecule is CC(C)(C)OC(=O)C1/C(=C/CBr)CN1C(=O)OC(C)(C)C. The molecule has 0 saturated carbocycles. The molecule has 0 aromatic rings. The van der Waals surface area contributed by atoms with Crippen molar-refractivity contribution in [1.29, 1.82) is 0 Å². The van der Waals surface area contributed by atoms with Crippen LogP contribution < -0.4 is 0 Å². The molecule has 5 nitrogen and oxygen atoms in total. The monoisotopic (exact) mass is 361 g/mol. The van der Waals surface area contributed by atoms with Crippen molar-refractivity contribution in [3.05, 3.63) is 11.6 Å². The van der Waals surface area contributed by atoms with E-state index in [2.05, 4.69) is 15.9 Å². The van der Waals surface area contributed by atoms with Crippen LogP contribution in [0.15, 0.2) is 11.6 Å². The van der Waals surface area contributed by atoms with Gasteiger partial charge in [-0.05, 0) is 47.1 Å². The number of rotatable bonds is 2. The number of halogens is 1. The quantitative estimate of drug-likeness (QED) is 0.430. The number of amides is 1. The van der Waals surface area contributed by atoms with Crippen molar-refractivity contribution in [2.24, 2.45) is 0 Å². The summed E-state index contributed by atoms with van der Waals surface area (Å²) >= 11 is 3.31. The highest BCUT2D eigenvalue weighted by Crippen LogP contribution is 2.29. The van der Waals surface area contributed by atoms with Crippen molar-refractivity contribution in [1.82, 2.24) is 4.90 Å². The van der Waals surface area contributed by atoms with Crippen LogP contribution in [0.25, 0.3) is 0 Å². The van der Waals surface area contributed by atoms with Gasteiger partial charge >= 0.3 is 12.1 Å². The first-order valence-electron chi connectivity index (χ1n) is 6.92. The molecule has 120 valence electrons. The van der Waals surface area contributed by atoms with E-state index in [0.29, 0.717) is 11.9 Å². The van der Waals surface area contributed by atoms with Gasteiger partial charge in [0, 0.05) is 11.9 Å². The molecule has 0 aliphatic carbocycles. The largest absolute Gasteiger partial charge is 0.458 e. The number of nitrogens with zero attached hydrogens (tertiary/aromatic N) is 1. The molecule has 0 bridgehead atoms. The third kappa shape index (κ3) is 5.34. The van der Waals surface area contributed by atoms with Crippen molar-refractivity contribution < 1.29 is 19.1 Å². The standard InChI is InChI=1S/C15H24BrNO4/c1-14(2,3)20-12(18)11-10(7-8-16)9-17(11)13(19)21-15(4,5)6/h7,11H,8-9H2,1-6H3/b10-7+. The van der Waals surface area contributed by atoms with Gasteiger partial charge in [-0.15, -0.1) is 0 Å². The first-order chi connectivity index (χ1) is 9.44. The second-order valence-corrected chi connectivity index (χ2v) is 7.63. The van der Waals surface area contributed by atoms with E-state index in [1.54, 1.807) is 41.5 Å². The maximum atomic E-state index is 12.3. The lowest BCUT2D eigenvalue weighted by molar-refractivity contribution is -0.162. The molecule has 1 amide bonds. The highest BCUT2D eigenvalue weighted by molar-refractivity contribution is 9.09. The molecule has 1 fully saturated rings. The third-order valence-electron chi connectivity index (χ3n) is 2.61. The van der Waals surface area contributed by atoms with Crippen molar-refractivity contribution in [3.63, 3.8) is 0 Å². The van der Waals surface area contributed by atoms with Crippen LogP contribution in [0.2, 0.25) is 0 Å². The molecule has 21 heavy (non-hydrogen) atoms. The van der Waals surface area contributed by atoms with Crippen LogP contribution in [0.4, 0.5) is 4.79 Å². The van der Waals surface area contributed by atoms with Gasteiger partial charge in [0.25, 0.3) is 0 Å². The second-order valence-electron chi connectivity index (χ2n) is 6.98. The van der Waals surface area contributed by atoms with Gasteiger partial charge in [-0.2, -0.15) is 0 Å². The molecule has 0 N–H and O–H groups in total. The summed E-state index contributed by atoms with van der Waals surface area (Å²) < 4.78 is 10.7. The number of carbonyl (C=O) groups is 2. The first kappa shape index (κ1) is 18.0. The summed E-state index contributed by atoms with van der Waals surface area (Å²) in [6, 6.07) is -0.684. The van der Waals surface area contributed by atoms with Gasteiger partial charge in [-0.1, -0.05) is 22.0 Å². The number of hydrogen-bond acceptors (Lipinski definition) is 4. The van der Waals surface area contributed by atoms with Gasteiger partial charge in [0.2, 0.25) is 0 Å². The average molecular weight is 362 g/mol. The number of esters is 1. The zero-order valence-corrected chi connectivity index (χ0v) is 15.1. The summed E-state index contributed by atoms with van der Waals surface area (Å²) in [6.07, 6.45) is 1.39. The number of hydrogen-bond donors (Lipinski definition) is 0. The lowest BCUT2D eigenvalue weighted by Gasteiger charge is -2.42. The summed E-state index contributed by atoms with van der Waals surface area (Å²) in [4.78, 5) is 25.8. The Kier molecular flexibility index (Phi) is 5.47. The molecule has 1 unspecified atom stereocenters. The number of allylic oxidation sites excluding steroid dienone is 1. The minimum atomic E-state index is -0.684. The molecule has 0 aromatic heterocycles. The fourth-order valence-corrected chi connectivity index (χ4v) is 2.28. The summed E-state index contributed by atoms with van der Waals surface area (Å²) in [7, 11) is 0. The van der Waals surface area contributed by atoms with E-state index in [1.165, 1.54) is 4.90 Å². The summed E-state index contributed by atoms with van der Waals surface area (Å²) in [6.45, 7) is 11.2. The Morgan fingerprint density at radius 3 is 2.14 bits per heavy atom. The van der Waals surface area contributed by atoms with E-state index in [1.807, 2.05) is 6.08 Å². The Hall–Kier alpha value is -1.04. The van der Waals surface area contributed by atoms with Gasteiger partial charge in [0.05, 0.1) is 0 Å². The highest BCUT2D eigenvalue weighted by atomic mass is 79.9. The van der Waals surface area contributed by atoms with E-state index in [9.17, 15) is 9.59 Å². The smallest absolute Gasteiger partial charge is 0.411 e. The van der Waals surface area contributed by atoms with E-state index in [4.69, 9.17) is 9.47 Å². The Labute approximate surface area is 134 Å². The first-order valence-corrected chi connectivity index (χ1v) is 8.04. The maximum absolute atomic E-state index is 12.3. The Morgan fingerprint density at radius 1 is 1.19 bits per heavy atom. The van der Waals surface area contributed by atoms with E-state index >= 15 is 0 Å². The Bertz CT molecular complexity index is 446. The van der Waals surface area contributed by atoms with Crippen LogP contribution in [0.3, 0.4) is 0 Å². The lowest BCUT2D eigenvalue weighted by Crippen LogP contribution is -2.59. The van der Waals surface area contributed by atoms with Gasteiger partial charge in [0.1, 0.15) is 11.2 Å². The zero-order chi connectivity index (χ0) is 16.4. The molecule has 0 spiro atoms. The Balaban J connectivity index is 2.85. The van der Waals surface area contributed by atoms with Crippen molar-refractivity contribution in [2.45, 2.75) is 58.8 Å². The van der Waals surface area contributed by atoms with Crippen LogP contribution in [-0.2, 0) is 14.3 Å². The minimum Gasteiger partial charge on any atom is -0.458 e. The van der Waals surface area contributed by atoms with E-state index in [0.717, 1.165) is 5.57 Å². The van der Waals surface area contributed by atoms with Crippen LogP contribution in [0, 0.1) is 0 Å². The molecular weight excluding hydrogens is 338 g/mol. The molecular formula is C15H24BrNO4. The molecule has 0 radical (unpaired) electrons. The minimum absolute atomic E-state index is 0.393. The summed E-state index contributed by atoms with van der Waals surface area (Å²) in [5, 5.41) is 0.629. The molecule has 1 saturated heterocycles. The molecule has 1 heterocycles. The summed E-state index contributed by atoms with van der Waals surface area (Å²) in [5.41, 5.74) is -0.317. The molecule has 1 aliphatic heterocycles. The number of alkyl halides is 1. The zero-order valence-electron chi connectivity index (χ0n) is 13.5. The molecule has 6 heteroatoms. The molecule has 1 rings (SSSR count). The number of likely N-dealkylation sites (tertiary alicyclic amines) is 1. The average Bonchev–Trinajstić information content (AvgIpc) is 2.17.